The SMILES string of the molecule is C#C[C@H](C)NC(=O)c1ccc2c(-c3ccc(C(F)(F)F)cc3)cccc2c1. The van der Waals surface area contributed by atoms with E-state index in [1.54, 1.807) is 31.2 Å². The number of halogens is 3. The van der Waals surface area contributed by atoms with Crippen molar-refractivity contribution in [2.45, 2.75) is 19.1 Å². The molecular formula is C22H16F3NO. The lowest BCUT2D eigenvalue weighted by Gasteiger charge is -2.12. The first-order valence-electron chi connectivity index (χ1n) is 8.27. The number of hydrogen-bond donors (Lipinski definition) is 1. The minimum absolute atomic E-state index is 0.276. The molecule has 0 spiro atoms. The van der Waals surface area contributed by atoms with Crippen LogP contribution in [0.3, 0.4) is 0 Å². The lowest BCUT2D eigenvalue weighted by atomic mass is 9.96. The van der Waals surface area contributed by atoms with E-state index in [9.17, 15) is 18.0 Å². The van der Waals surface area contributed by atoms with Crippen molar-refractivity contribution in [3.05, 3.63) is 71.8 Å². The Morgan fingerprint density at radius 2 is 1.78 bits per heavy atom. The van der Waals surface area contributed by atoms with Crippen LogP contribution in [-0.4, -0.2) is 11.9 Å². The second kappa shape index (κ2) is 7.16. The van der Waals surface area contributed by atoms with Crippen molar-refractivity contribution < 1.29 is 18.0 Å². The standard InChI is InChI=1S/C22H16F3NO/c1-3-14(2)26-21(27)17-9-12-20-16(13-17)5-4-6-19(20)15-7-10-18(11-8-15)22(23,24)25/h1,4-14H,2H3,(H,26,27)/t14-/m0/s1. The molecule has 0 fully saturated rings. The van der Waals surface area contributed by atoms with E-state index in [2.05, 4.69) is 11.2 Å². The van der Waals surface area contributed by atoms with Crippen molar-refractivity contribution in [3.8, 4) is 23.5 Å². The Kier molecular flexibility index (Phi) is 4.91. The number of carbonyl (C=O) groups is 1. The molecule has 0 bridgehead atoms. The van der Waals surface area contributed by atoms with E-state index in [4.69, 9.17) is 6.42 Å². The molecule has 0 radical (unpaired) electrons. The molecule has 2 nitrogen and oxygen atoms in total. The molecule has 136 valence electrons. The number of nitrogens with one attached hydrogen (secondary N) is 1. The van der Waals surface area contributed by atoms with Crippen LogP contribution in [0, 0.1) is 12.3 Å². The summed E-state index contributed by atoms with van der Waals surface area (Å²) in [6, 6.07) is 15.4. The number of benzene rings is 3. The van der Waals surface area contributed by atoms with Crippen LogP contribution in [0.1, 0.15) is 22.8 Å². The Labute approximate surface area is 155 Å². The van der Waals surface area contributed by atoms with Gasteiger partial charge in [0, 0.05) is 5.56 Å². The first-order valence-corrected chi connectivity index (χ1v) is 8.27. The highest BCUT2D eigenvalue weighted by molar-refractivity contribution is 6.02. The maximum absolute atomic E-state index is 12.8. The number of amides is 1. The number of terminal acetylenes is 1. The monoisotopic (exact) mass is 367 g/mol. The summed E-state index contributed by atoms with van der Waals surface area (Å²) >= 11 is 0. The van der Waals surface area contributed by atoms with Crippen LogP contribution in [0.4, 0.5) is 13.2 Å². The van der Waals surface area contributed by atoms with E-state index in [1.165, 1.54) is 12.1 Å². The van der Waals surface area contributed by atoms with Gasteiger partial charge in [-0.3, -0.25) is 4.79 Å². The van der Waals surface area contributed by atoms with E-state index in [0.29, 0.717) is 11.1 Å². The number of carbonyl (C=O) groups excluding carboxylic acids is 1. The Bertz CT molecular complexity index is 1030. The first-order chi connectivity index (χ1) is 12.8. The second-order valence-corrected chi connectivity index (χ2v) is 6.18. The molecule has 3 aromatic carbocycles. The molecule has 1 atom stereocenters. The minimum atomic E-state index is -4.37. The number of alkyl halides is 3. The Balaban J connectivity index is 1.99. The highest BCUT2D eigenvalue weighted by Crippen LogP contribution is 2.33. The van der Waals surface area contributed by atoms with Gasteiger partial charge in [-0.15, -0.1) is 6.42 Å². The summed E-state index contributed by atoms with van der Waals surface area (Å²) in [6.07, 6.45) is 0.910. The van der Waals surface area contributed by atoms with Gasteiger partial charge in [-0.1, -0.05) is 42.3 Å². The summed E-state index contributed by atoms with van der Waals surface area (Å²) in [7, 11) is 0. The molecule has 0 aliphatic heterocycles. The molecule has 0 heterocycles. The van der Waals surface area contributed by atoms with Crippen molar-refractivity contribution in [1.82, 2.24) is 5.32 Å². The number of rotatable bonds is 3. The molecule has 3 rings (SSSR count). The topological polar surface area (TPSA) is 29.1 Å². The van der Waals surface area contributed by atoms with Gasteiger partial charge in [0.25, 0.3) is 5.91 Å². The fraction of sp³-hybridized carbons (Fsp3) is 0.136. The van der Waals surface area contributed by atoms with Gasteiger partial charge in [0.2, 0.25) is 0 Å². The highest BCUT2D eigenvalue weighted by atomic mass is 19.4. The van der Waals surface area contributed by atoms with Gasteiger partial charge in [-0.25, -0.2) is 0 Å². The third kappa shape index (κ3) is 3.95. The lowest BCUT2D eigenvalue weighted by molar-refractivity contribution is -0.137. The molecule has 0 aliphatic carbocycles. The zero-order chi connectivity index (χ0) is 19.6. The molecule has 0 unspecified atom stereocenters. The maximum Gasteiger partial charge on any atom is 0.416 e. The molecule has 5 heteroatoms. The predicted octanol–water partition coefficient (Wildman–Crippen LogP) is 5.28. The van der Waals surface area contributed by atoms with Crippen LogP contribution in [0.5, 0.6) is 0 Å². The quantitative estimate of drug-likeness (QED) is 0.627. The molecule has 0 saturated heterocycles. The third-order valence-corrected chi connectivity index (χ3v) is 4.26. The fourth-order valence-corrected chi connectivity index (χ4v) is 2.84. The Morgan fingerprint density at radius 1 is 1.07 bits per heavy atom. The van der Waals surface area contributed by atoms with E-state index in [-0.39, 0.29) is 11.9 Å². The van der Waals surface area contributed by atoms with Gasteiger partial charge in [0.05, 0.1) is 11.6 Å². The molecule has 1 amide bonds. The lowest BCUT2D eigenvalue weighted by Crippen LogP contribution is -2.31. The smallest absolute Gasteiger partial charge is 0.339 e. The summed E-state index contributed by atoms with van der Waals surface area (Å²) in [4.78, 5) is 12.2. The van der Waals surface area contributed by atoms with Crippen LogP contribution in [0.2, 0.25) is 0 Å². The molecule has 0 aromatic heterocycles. The maximum atomic E-state index is 12.8. The van der Waals surface area contributed by atoms with Crippen LogP contribution < -0.4 is 5.32 Å². The van der Waals surface area contributed by atoms with Gasteiger partial charge in [-0.2, -0.15) is 13.2 Å². The van der Waals surface area contributed by atoms with Gasteiger partial charge < -0.3 is 5.32 Å². The van der Waals surface area contributed by atoms with Crippen molar-refractivity contribution in [3.63, 3.8) is 0 Å². The molecule has 3 aromatic rings. The van der Waals surface area contributed by atoms with E-state index >= 15 is 0 Å². The van der Waals surface area contributed by atoms with Gasteiger partial charge >= 0.3 is 6.18 Å². The fourth-order valence-electron chi connectivity index (χ4n) is 2.84. The van der Waals surface area contributed by atoms with Crippen molar-refractivity contribution in [2.24, 2.45) is 0 Å². The molecule has 0 aliphatic rings. The van der Waals surface area contributed by atoms with E-state index in [1.807, 2.05) is 12.1 Å². The number of hydrogen-bond acceptors (Lipinski definition) is 1. The average Bonchev–Trinajstić information content (AvgIpc) is 2.66. The second-order valence-electron chi connectivity index (χ2n) is 6.18. The molecular weight excluding hydrogens is 351 g/mol. The van der Waals surface area contributed by atoms with E-state index in [0.717, 1.165) is 28.5 Å². The normalized spacial score (nSPS) is 12.4. The van der Waals surface area contributed by atoms with Crippen molar-refractivity contribution in [1.29, 1.82) is 0 Å². The Hall–Kier alpha value is -3.26. The van der Waals surface area contributed by atoms with Crippen molar-refractivity contribution >= 4 is 16.7 Å². The molecule has 0 saturated carbocycles. The summed E-state index contributed by atoms with van der Waals surface area (Å²) in [5.74, 6) is 2.16. The van der Waals surface area contributed by atoms with Crippen LogP contribution >= 0.6 is 0 Å². The Morgan fingerprint density at radius 3 is 2.41 bits per heavy atom. The highest BCUT2D eigenvalue weighted by Gasteiger charge is 2.30. The summed E-state index contributed by atoms with van der Waals surface area (Å²) < 4.78 is 38.3. The third-order valence-electron chi connectivity index (χ3n) is 4.26. The molecule has 1 N–H and O–H groups in total. The zero-order valence-electron chi connectivity index (χ0n) is 14.5. The summed E-state index contributed by atoms with van der Waals surface area (Å²) in [5.41, 5.74) is 1.25. The van der Waals surface area contributed by atoms with Gasteiger partial charge in [0.15, 0.2) is 0 Å². The first kappa shape index (κ1) is 18.5. The van der Waals surface area contributed by atoms with Gasteiger partial charge in [-0.05, 0) is 53.1 Å². The average molecular weight is 367 g/mol. The van der Waals surface area contributed by atoms with Crippen LogP contribution in [-0.2, 0) is 6.18 Å². The predicted molar refractivity (Wildman–Crippen MR) is 100 cm³/mol. The minimum Gasteiger partial charge on any atom is -0.339 e. The van der Waals surface area contributed by atoms with Crippen LogP contribution in [0.25, 0.3) is 21.9 Å². The molecule has 27 heavy (non-hydrogen) atoms. The van der Waals surface area contributed by atoms with E-state index < -0.39 is 11.7 Å². The summed E-state index contributed by atoms with van der Waals surface area (Å²) in [6.45, 7) is 1.71. The summed E-state index contributed by atoms with van der Waals surface area (Å²) in [5, 5.41) is 4.36. The zero-order valence-corrected chi connectivity index (χ0v) is 14.5. The van der Waals surface area contributed by atoms with Crippen molar-refractivity contribution in [2.75, 3.05) is 0 Å². The number of fused-ring (bicyclic) bond motifs is 1. The largest absolute Gasteiger partial charge is 0.416 e. The van der Waals surface area contributed by atoms with Crippen LogP contribution in [0.15, 0.2) is 60.7 Å². The van der Waals surface area contributed by atoms with Gasteiger partial charge in [0.1, 0.15) is 0 Å².